The summed E-state index contributed by atoms with van der Waals surface area (Å²) in [5, 5.41) is 5.52. The van der Waals surface area contributed by atoms with E-state index in [1.54, 1.807) is 6.07 Å². The van der Waals surface area contributed by atoms with E-state index in [1.165, 1.54) is 24.3 Å². The van der Waals surface area contributed by atoms with E-state index in [-0.39, 0.29) is 34.4 Å². The number of fused-ring (bicyclic) bond motifs is 4. The molecule has 3 heterocycles. The van der Waals surface area contributed by atoms with Gasteiger partial charge in [-0.25, -0.2) is 14.6 Å². The van der Waals surface area contributed by atoms with E-state index in [4.69, 9.17) is 9.47 Å². The first-order chi connectivity index (χ1) is 14.9. The van der Waals surface area contributed by atoms with Crippen molar-refractivity contribution in [3.05, 3.63) is 51.5 Å². The second-order valence-corrected chi connectivity index (χ2v) is 8.01. The summed E-state index contributed by atoms with van der Waals surface area (Å²) in [5.41, 5.74) is 0.141. The Morgan fingerprint density at radius 1 is 0.839 bits per heavy atom. The predicted molar refractivity (Wildman–Crippen MR) is 112 cm³/mol. The molecule has 0 radical (unpaired) electrons. The molecule has 2 aromatic rings. The molecule has 1 aliphatic rings. The maximum absolute atomic E-state index is 12.6. The van der Waals surface area contributed by atoms with Crippen LogP contribution in [0.5, 0.6) is 0 Å². The monoisotopic (exact) mass is 445 g/mol. The van der Waals surface area contributed by atoms with Crippen LogP contribution in [0.1, 0.15) is 67.0 Å². The van der Waals surface area contributed by atoms with Gasteiger partial charge in [0, 0.05) is 0 Å². The molecule has 2 aromatic heterocycles. The zero-order valence-electron chi connectivity index (χ0n) is 17.2. The highest BCUT2D eigenvalue weighted by Gasteiger charge is 2.22. The number of nitrogens with zero attached hydrogens (tertiary/aromatic N) is 1. The van der Waals surface area contributed by atoms with Crippen molar-refractivity contribution in [3.8, 4) is 0 Å². The van der Waals surface area contributed by atoms with Crippen LogP contribution in [0.15, 0.2) is 30.3 Å². The Morgan fingerprint density at radius 2 is 1.29 bits per heavy atom. The van der Waals surface area contributed by atoms with Crippen LogP contribution in [-0.2, 0) is 9.47 Å². The summed E-state index contributed by atoms with van der Waals surface area (Å²) in [6.45, 7) is 3.59. The second-order valence-electron chi connectivity index (χ2n) is 6.93. The Morgan fingerprint density at radius 3 is 1.71 bits per heavy atom. The van der Waals surface area contributed by atoms with Gasteiger partial charge in [0.1, 0.15) is 34.4 Å². The van der Waals surface area contributed by atoms with Crippen molar-refractivity contribution in [1.82, 2.24) is 15.6 Å². The molecule has 2 unspecified atom stereocenters. The first-order valence-corrected chi connectivity index (χ1v) is 10.8. The van der Waals surface area contributed by atoms with Crippen LogP contribution in [0.4, 0.5) is 0 Å². The molecule has 0 aromatic carbocycles. The minimum Gasteiger partial charge on any atom is -0.459 e. The Balaban J connectivity index is 1.88. The minimum atomic E-state index is -0.586. The molecule has 0 saturated carbocycles. The summed E-state index contributed by atoms with van der Waals surface area (Å²) in [6, 6.07) is 6.65. The van der Waals surface area contributed by atoms with Gasteiger partial charge in [-0.05, 0) is 37.1 Å². The number of carbonyl (C=O) groups is 4. The zero-order chi connectivity index (χ0) is 22.4. The van der Waals surface area contributed by atoms with Crippen LogP contribution < -0.4 is 10.6 Å². The highest BCUT2D eigenvalue weighted by Crippen LogP contribution is 2.19. The van der Waals surface area contributed by atoms with Crippen molar-refractivity contribution in [1.29, 1.82) is 0 Å². The van der Waals surface area contributed by atoms with Gasteiger partial charge in [0.05, 0.1) is 12.1 Å². The van der Waals surface area contributed by atoms with E-state index in [0.717, 1.165) is 11.3 Å². The summed E-state index contributed by atoms with van der Waals surface area (Å²) in [5.74, 6) is -2.12. The van der Waals surface area contributed by atoms with Crippen molar-refractivity contribution < 1.29 is 28.7 Å². The highest BCUT2D eigenvalue weighted by molar-refractivity contribution is 7.15. The Kier molecular flexibility index (Phi) is 7.35. The lowest BCUT2D eigenvalue weighted by molar-refractivity contribution is 0.0457. The number of esters is 2. The molecule has 10 heteroatoms. The van der Waals surface area contributed by atoms with Gasteiger partial charge in [0.2, 0.25) is 0 Å². The Labute approximate surface area is 183 Å². The summed E-state index contributed by atoms with van der Waals surface area (Å²) in [4.78, 5) is 54.5. The molecule has 9 nitrogen and oxygen atoms in total. The smallest absolute Gasteiger partial charge is 0.348 e. The maximum atomic E-state index is 12.6. The third kappa shape index (κ3) is 5.66. The van der Waals surface area contributed by atoms with Crippen LogP contribution >= 0.6 is 11.3 Å². The van der Waals surface area contributed by atoms with E-state index in [9.17, 15) is 19.2 Å². The Hall–Kier alpha value is -3.27. The highest BCUT2D eigenvalue weighted by atomic mass is 32.1. The number of ether oxygens (including phenoxy) is 2. The number of amides is 2. The number of aromatic nitrogens is 1. The number of carbonyl (C=O) groups excluding carboxylic acids is 4. The molecule has 1 aliphatic heterocycles. The number of hydrogen-bond acceptors (Lipinski definition) is 8. The molecule has 0 aliphatic carbocycles. The van der Waals surface area contributed by atoms with Crippen LogP contribution in [0.3, 0.4) is 0 Å². The zero-order valence-corrected chi connectivity index (χ0v) is 18.0. The summed E-state index contributed by atoms with van der Waals surface area (Å²) in [6.07, 6.45) is 1.03. The molecule has 2 amide bonds. The van der Waals surface area contributed by atoms with E-state index in [2.05, 4.69) is 15.6 Å². The molecule has 3 rings (SSSR count). The van der Waals surface area contributed by atoms with Crippen molar-refractivity contribution in [2.24, 2.45) is 0 Å². The van der Waals surface area contributed by atoms with Crippen LogP contribution in [0, 0.1) is 0 Å². The largest absolute Gasteiger partial charge is 0.459 e. The van der Waals surface area contributed by atoms with Gasteiger partial charge in [-0.3, -0.25) is 9.59 Å². The lowest BCUT2D eigenvalue weighted by Crippen LogP contribution is -2.40. The number of hydrogen-bond donors (Lipinski definition) is 2. The maximum Gasteiger partial charge on any atom is 0.348 e. The fourth-order valence-corrected chi connectivity index (χ4v) is 3.58. The van der Waals surface area contributed by atoms with Crippen LogP contribution in [0.2, 0.25) is 0 Å². The van der Waals surface area contributed by atoms with Gasteiger partial charge in [-0.1, -0.05) is 19.9 Å². The van der Waals surface area contributed by atoms with E-state index >= 15 is 0 Å². The average molecular weight is 445 g/mol. The summed E-state index contributed by atoms with van der Waals surface area (Å²) in [7, 11) is 0. The number of thiophene rings is 1. The SMILES string of the molecule is CCC1COC(=O)c2ccc(s2)C(=O)OCC(CC)NC(=O)c2cccc(n2)C(=O)N1. The van der Waals surface area contributed by atoms with Gasteiger partial charge in [-0.2, -0.15) is 0 Å². The van der Waals surface area contributed by atoms with Crippen LogP contribution in [-0.4, -0.2) is 54.0 Å². The lowest BCUT2D eigenvalue weighted by Gasteiger charge is -2.18. The summed E-state index contributed by atoms with van der Waals surface area (Å²) >= 11 is 0.964. The number of rotatable bonds is 2. The lowest BCUT2D eigenvalue weighted by atomic mass is 10.2. The molecule has 31 heavy (non-hydrogen) atoms. The molecule has 0 fully saturated rings. The van der Waals surface area contributed by atoms with E-state index < -0.39 is 35.8 Å². The predicted octanol–water partition coefficient (Wildman–Crippen LogP) is 2.19. The fourth-order valence-electron chi connectivity index (χ4n) is 2.78. The molecular weight excluding hydrogens is 422 g/mol. The third-order valence-electron chi connectivity index (χ3n) is 4.71. The topological polar surface area (TPSA) is 124 Å². The normalized spacial score (nSPS) is 20.6. The van der Waals surface area contributed by atoms with Gasteiger partial charge < -0.3 is 20.1 Å². The van der Waals surface area contributed by atoms with Gasteiger partial charge in [-0.15, -0.1) is 11.3 Å². The fraction of sp³-hybridized carbons (Fsp3) is 0.381. The van der Waals surface area contributed by atoms with Gasteiger partial charge >= 0.3 is 11.9 Å². The van der Waals surface area contributed by atoms with Crippen molar-refractivity contribution in [2.75, 3.05) is 13.2 Å². The standard InChI is InChI=1S/C21H23N3O6S/c1-3-12-10-29-20(27)16-8-9-17(31-16)21(28)30-11-13(4-2)23-19(26)15-7-5-6-14(24-15)18(25)22-12/h5-9,12-13H,3-4,10-11H2,1-2H3,(H,22,25)(H,23,26). The minimum absolute atomic E-state index is 0.0445. The van der Waals surface area contributed by atoms with Crippen molar-refractivity contribution >= 4 is 35.1 Å². The first-order valence-electron chi connectivity index (χ1n) is 9.94. The summed E-state index contributed by atoms with van der Waals surface area (Å²) < 4.78 is 10.6. The molecule has 0 spiro atoms. The van der Waals surface area contributed by atoms with Crippen molar-refractivity contribution in [3.63, 3.8) is 0 Å². The molecule has 2 N–H and O–H groups in total. The van der Waals surface area contributed by atoms with Gasteiger partial charge in [0.25, 0.3) is 11.8 Å². The second kappa shape index (κ2) is 10.2. The molecular formula is C21H23N3O6S. The number of cyclic esters (lactones) is 2. The van der Waals surface area contributed by atoms with E-state index in [0.29, 0.717) is 12.8 Å². The first kappa shape index (κ1) is 22.4. The Bertz CT molecular complexity index is 917. The third-order valence-corrected chi connectivity index (χ3v) is 5.76. The molecule has 164 valence electrons. The number of pyridine rings is 1. The average Bonchev–Trinajstić information content (AvgIpc) is 3.28. The molecule has 2 atom stereocenters. The molecule has 0 saturated heterocycles. The molecule has 4 bridgehead atoms. The quantitative estimate of drug-likeness (QED) is 0.679. The van der Waals surface area contributed by atoms with Gasteiger partial charge in [0.15, 0.2) is 0 Å². The van der Waals surface area contributed by atoms with E-state index in [1.807, 2.05) is 13.8 Å². The van der Waals surface area contributed by atoms with Crippen LogP contribution in [0.25, 0.3) is 0 Å². The van der Waals surface area contributed by atoms with Crippen molar-refractivity contribution in [2.45, 2.75) is 38.8 Å². The number of nitrogens with one attached hydrogen (secondary N) is 2.